The van der Waals surface area contributed by atoms with Crippen LogP contribution in [0.2, 0.25) is 0 Å². The van der Waals surface area contributed by atoms with Crippen LogP contribution in [-0.2, 0) is 0 Å². The van der Waals surface area contributed by atoms with Gasteiger partial charge in [-0.1, -0.05) is 39.2 Å². The van der Waals surface area contributed by atoms with Crippen molar-refractivity contribution in [2.75, 3.05) is 6.54 Å². The number of pyridine rings is 1. The Morgan fingerprint density at radius 1 is 1.36 bits per heavy atom. The molecule has 0 aliphatic carbocycles. The molecule has 1 atom stereocenters. The van der Waals surface area contributed by atoms with Crippen LogP contribution >= 0.6 is 0 Å². The molecule has 0 aliphatic heterocycles. The van der Waals surface area contributed by atoms with Crippen molar-refractivity contribution in [3.05, 3.63) is 46.5 Å². The van der Waals surface area contributed by atoms with E-state index < -0.39 is 0 Å². The summed E-state index contributed by atoms with van der Waals surface area (Å²) in [6.07, 6.45) is 7.42. The molecule has 2 aromatic rings. The molecule has 0 aliphatic rings. The van der Waals surface area contributed by atoms with E-state index in [0.29, 0.717) is 18.1 Å². The Balaban J connectivity index is 2.10. The molecule has 0 saturated carbocycles. The van der Waals surface area contributed by atoms with E-state index in [0.717, 1.165) is 25.7 Å². The monoisotopic (exact) mass is 301 g/mol. The van der Waals surface area contributed by atoms with E-state index in [2.05, 4.69) is 24.1 Å². The van der Waals surface area contributed by atoms with Gasteiger partial charge < -0.3 is 5.32 Å². The van der Waals surface area contributed by atoms with E-state index in [9.17, 15) is 9.59 Å². The number of aromatic nitrogens is 2. The number of nitrogens with zero attached hydrogens (tertiary/aromatic N) is 2. The molecular formula is C17H23N3O2. The molecule has 118 valence electrons. The number of amides is 1. The van der Waals surface area contributed by atoms with Crippen molar-refractivity contribution in [3.63, 3.8) is 0 Å². The predicted octanol–water partition coefficient (Wildman–Crippen LogP) is 2.64. The molecule has 1 N–H and O–H groups in total. The Kier molecular flexibility index (Phi) is 5.69. The maximum Gasteiger partial charge on any atom is 0.270 e. The van der Waals surface area contributed by atoms with Gasteiger partial charge >= 0.3 is 0 Å². The SMILES string of the molecule is CCCCC(CC)CNC(=O)c1cnc2ccccn2c1=O. The number of carbonyl (C=O) groups excluding carboxylic acids is 1. The van der Waals surface area contributed by atoms with Crippen molar-refractivity contribution in [2.45, 2.75) is 39.5 Å². The molecule has 1 amide bonds. The Morgan fingerprint density at radius 2 is 2.18 bits per heavy atom. The van der Waals surface area contributed by atoms with Gasteiger partial charge in [-0.15, -0.1) is 0 Å². The van der Waals surface area contributed by atoms with Gasteiger partial charge in [-0.25, -0.2) is 4.98 Å². The van der Waals surface area contributed by atoms with Gasteiger partial charge in [0.15, 0.2) is 0 Å². The summed E-state index contributed by atoms with van der Waals surface area (Å²) in [5.41, 5.74) is 0.303. The van der Waals surface area contributed by atoms with Gasteiger partial charge in [-0.05, 0) is 24.5 Å². The molecule has 2 heterocycles. The molecule has 5 nitrogen and oxygen atoms in total. The van der Waals surface area contributed by atoms with E-state index >= 15 is 0 Å². The average Bonchev–Trinajstić information content (AvgIpc) is 2.55. The molecule has 0 bridgehead atoms. The van der Waals surface area contributed by atoms with Gasteiger partial charge in [-0.2, -0.15) is 0 Å². The summed E-state index contributed by atoms with van der Waals surface area (Å²) in [5.74, 6) is 0.116. The lowest BCUT2D eigenvalue weighted by atomic mass is 9.99. The van der Waals surface area contributed by atoms with Crippen LogP contribution in [0.25, 0.3) is 5.65 Å². The van der Waals surface area contributed by atoms with Crippen LogP contribution in [0.1, 0.15) is 49.9 Å². The summed E-state index contributed by atoms with van der Waals surface area (Å²) in [6, 6.07) is 5.29. The minimum atomic E-state index is -0.342. The maximum absolute atomic E-state index is 12.3. The van der Waals surface area contributed by atoms with Gasteiger partial charge in [0, 0.05) is 18.9 Å². The molecule has 2 aromatic heterocycles. The van der Waals surface area contributed by atoms with Crippen molar-refractivity contribution < 1.29 is 4.79 Å². The largest absolute Gasteiger partial charge is 0.352 e. The summed E-state index contributed by atoms with van der Waals surface area (Å²) in [6.45, 7) is 4.89. The third-order valence-electron chi connectivity index (χ3n) is 3.95. The fraction of sp³-hybridized carbons (Fsp3) is 0.471. The number of hydrogen-bond acceptors (Lipinski definition) is 3. The topological polar surface area (TPSA) is 63.5 Å². The van der Waals surface area contributed by atoms with Crippen LogP contribution in [0.5, 0.6) is 0 Å². The molecule has 22 heavy (non-hydrogen) atoms. The molecule has 0 aromatic carbocycles. The zero-order valence-electron chi connectivity index (χ0n) is 13.2. The van der Waals surface area contributed by atoms with E-state index in [-0.39, 0.29) is 17.0 Å². The summed E-state index contributed by atoms with van der Waals surface area (Å²) < 4.78 is 1.39. The Labute approximate surface area is 130 Å². The highest BCUT2D eigenvalue weighted by Gasteiger charge is 2.14. The number of unbranched alkanes of at least 4 members (excludes halogenated alkanes) is 1. The third kappa shape index (κ3) is 3.72. The van der Waals surface area contributed by atoms with Crippen LogP contribution < -0.4 is 10.9 Å². The average molecular weight is 301 g/mol. The smallest absolute Gasteiger partial charge is 0.270 e. The first-order valence-corrected chi connectivity index (χ1v) is 7.92. The minimum Gasteiger partial charge on any atom is -0.352 e. The van der Waals surface area contributed by atoms with Crippen molar-refractivity contribution in [3.8, 4) is 0 Å². The lowest BCUT2D eigenvalue weighted by Crippen LogP contribution is -2.34. The van der Waals surface area contributed by atoms with Gasteiger partial charge in [0.1, 0.15) is 11.2 Å². The highest BCUT2D eigenvalue weighted by Crippen LogP contribution is 2.11. The van der Waals surface area contributed by atoms with E-state index in [1.165, 1.54) is 10.6 Å². The van der Waals surface area contributed by atoms with Gasteiger partial charge in [-0.3, -0.25) is 14.0 Å². The highest BCUT2D eigenvalue weighted by atomic mass is 16.2. The van der Waals surface area contributed by atoms with Crippen molar-refractivity contribution in [1.82, 2.24) is 14.7 Å². The second kappa shape index (κ2) is 7.73. The summed E-state index contributed by atoms with van der Waals surface area (Å²) in [5, 5.41) is 2.87. The normalized spacial score (nSPS) is 12.3. The maximum atomic E-state index is 12.3. The second-order valence-electron chi connectivity index (χ2n) is 5.53. The Bertz CT molecular complexity index is 694. The van der Waals surface area contributed by atoms with Gasteiger partial charge in [0.25, 0.3) is 11.5 Å². The molecule has 0 radical (unpaired) electrons. The van der Waals surface area contributed by atoms with E-state index in [1.807, 2.05) is 0 Å². The Morgan fingerprint density at radius 3 is 2.91 bits per heavy atom. The summed E-state index contributed by atoms with van der Waals surface area (Å²) in [7, 11) is 0. The van der Waals surface area contributed by atoms with E-state index in [4.69, 9.17) is 0 Å². The standard InChI is InChI=1S/C17H23N3O2/c1-3-5-8-13(4-2)11-19-16(21)14-12-18-15-9-6-7-10-20(15)17(14)22/h6-7,9-10,12-13H,3-5,8,11H2,1-2H3,(H,19,21). The predicted molar refractivity (Wildman–Crippen MR) is 87.1 cm³/mol. The van der Waals surface area contributed by atoms with Crippen LogP contribution in [0.3, 0.4) is 0 Å². The number of fused-ring (bicyclic) bond motifs is 1. The third-order valence-corrected chi connectivity index (χ3v) is 3.95. The fourth-order valence-corrected chi connectivity index (χ4v) is 2.46. The molecule has 5 heteroatoms. The fourth-order valence-electron chi connectivity index (χ4n) is 2.46. The summed E-state index contributed by atoms with van der Waals surface area (Å²) >= 11 is 0. The second-order valence-corrected chi connectivity index (χ2v) is 5.53. The number of nitrogens with one attached hydrogen (secondary N) is 1. The van der Waals surface area contributed by atoms with Crippen LogP contribution in [0.4, 0.5) is 0 Å². The number of hydrogen-bond donors (Lipinski definition) is 1. The summed E-state index contributed by atoms with van der Waals surface area (Å²) in [4.78, 5) is 28.7. The van der Waals surface area contributed by atoms with Crippen LogP contribution in [-0.4, -0.2) is 21.8 Å². The van der Waals surface area contributed by atoms with Gasteiger partial charge in [0.05, 0.1) is 0 Å². The molecule has 0 spiro atoms. The zero-order valence-corrected chi connectivity index (χ0v) is 13.2. The molecule has 0 saturated heterocycles. The molecule has 2 rings (SSSR count). The van der Waals surface area contributed by atoms with Crippen molar-refractivity contribution in [1.29, 1.82) is 0 Å². The Hall–Kier alpha value is -2.17. The number of carbonyl (C=O) groups is 1. The first-order valence-electron chi connectivity index (χ1n) is 7.92. The zero-order chi connectivity index (χ0) is 15.9. The first-order chi connectivity index (χ1) is 10.7. The van der Waals surface area contributed by atoms with E-state index in [1.54, 1.807) is 24.4 Å². The molecular weight excluding hydrogens is 278 g/mol. The van der Waals surface area contributed by atoms with Crippen molar-refractivity contribution >= 4 is 11.6 Å². The first kappa shape index (κ1) is 16.2. The quantitative estimate of drug-likeness (QED) is 0.855. The minimum absolute atomic E-state index is 0.0917. The number of rotatable bonds is 7. The highest BCUT2D eigenvalue weighted by molar-refractivity contribution is 5.93. The lowest BCUT2D eigenvalue weighted by molar-refractivity contribution is 0.0944. The van der Waals surface area contributed by atoms with Crippen LogP contribution in [0, 0.1) is 5.92 Å². The molecule has 1 unspecified atom stereocenters. The molecule has 0 fully saturated rings. The van der Waals surface area contributed by atoms with Gasteiger partial charge in [0.2, 0.25) is 0 Å². The lowest BCUT2D eigenvalue weighted by Gasteiger charge is -2.15. The van der Waals surface area contributed by atoms with Crippen LogP contribution in [0.15, 0.2) is 35.4 Å². The van der Waals surface area contributed by atoms with Crippen molar-refractivity contribution in [2.24, 2.45) is 5.92 Å².